The summed E-state index contributed by atoms with van der Waals surface area (Å²) in [5, 5.41) is 10.4. The van der Waals surface area contributed by atoms with Gasteiger partial charge >= 0.3 is 0 Å². The van der Waals surface area contributed by atoms with Crippen molar-refractivity contribution in [3.63, 3.8) is 0 Å². The highest BCUT2D eigenvalue weighted by Crippen LogP contribution is 2.38. The maximum Gasteiger partial charge on any atom is 0.228 e. The van der Waals surface area contributed by atoms with Crippen molar-refractivity contribution in [3.05, 3.63) is 35.4 Å². The van der Waals surface area contributed by atoms with Crippen molar-refractivity contribution < 1.29 is 18.7 Å². The van der Waals surface area contributed by atoms with Gasteiger partial charge in [-0.1, -0.05) is 13.8 Å². The van der Waals surface area contributed by atoms with Gasteiger partial charge in [-0.3, -0.25) is 4.79 Å². The van der Waals surface area contributed by atoms with Crippen molar-refractivity contribution in [1.29, 1.82) is 0 Å². The van der Waals surface area contributed by atoms with Crippen LogP contribution in [0.15, 0.2) is 18.2 Å². The highest BCUT2D eigenvalue weighted by atomic mass is 19.1. The van der Waals surface area contributed by atoms with Gasteiger partial charge in [0.1, 0.15) is 11.6 Å². The monoisotopic (exact) mass is 283 g/mol. The molecule has 3 nitrogen and oxygen atoms in total. The lowest BCUT2D eigenvalue weighted by molar-refractivity contribution is -0.148. The number of hydrogen-bond donors (Lipinski definition) is 1. The van der Waals surface area contributed by atoms with Gasteiger partial charge in [0, 0.05) is 19.2 Å². The molecule has 1 aromatic carbocycles. The maximum absolute atomic E-state index is 13.8. The van der Waals surface area contributed by atoms with Crippen molar-refractivity contribution in [3.8, 4) is 0 Å². The molecule has 110 valence electrons. The fraction of sp³-hybridized carbons (Fsp3) is 0.533. The molecule has 1 aliphatic heterocycles. The Morgan fingerprint density at radius 2 is 2.00 bits per heavy atom. The first-order valence-corrected chi connectivity index (χ1v) is 6.71. The minimum absolute atomic E-state index is 0.101. The Bertz CT molecular complexity index is 521. The number of likely N-dealkylation sites (tertiary alicyclic amines) is 1. The molecule has 4 atom stereocenters. The third-order valence-corrected chi connectivity index (χ3v) is 4.30. The quantitative estimate of drug-likeness (QED) is 0.905. The van der Waals surface area contributed by atoms with Gasteiger partial charge in [-0.25, -0.2) is 8.78 Å². The number of aliphatic hydroxyl groups is 1. The van der Waals surface area contributed by atoms with Crippen LogP contribution in [0.2, 0.25) is 0 Å². The molecule has 2 rings (SSSR count). The number of benzene rings is 1. The molecule has 0 aliphatic carbocycles. The lowest BCUT2D eigenvalue weighted by Crippen LogP contribution is -2.49. The molecule has 0 spiro atoms. The van der Waals surface area contributed by atoms with E-state index in [4.69, 9.17) is 0 Å². The predicted molar refractivity (Wildman–Crippen MR) is 70.8 cm³/mol. The fourth-order valence-electron chi connectivity index (χ4n) is 2.88. The summed E-state index contributed by atoms with van der Waals surface area (Å²) in [6.45, 7) is 4.45. The number of carbonyl (C=O) groups excluding carboxylic acids is 1. The standard InChI is InChI=1S/C15H19F2NO2/c1-8-7-18(3)15(20)13(9(8)2)14(19)11-6-10(16)4-5-12(11)17/h4-6,8-9,13-14,19H,7H2,1-3H3. The summed E-state index contributed by atoms with van der Waals surface area (Å²) < 4.78 is 27.0. The van der Waals surface area contributed by atoms with E-state index in [-0.39, 0.29) is 23.3 Å². The molecule has 0 saturated carbocycles. The van der Waals surface area contributed by atoms with Gasteiger partial charge in [-0.2, -0.15) is 0 Å². The van der Waals surface area contributed by atoms with Crippen LogP contribution in [0.3, 0.4) is 0 Å². The molecule has 1 aliphatic rings. The van der Waals surface area contributed by atoms with Crippen molar-refractivity contribution in [2.75, 3.05) is 13.6 Å². The molecule has 1 saturated heterocycles. The SMILES string of the molecule is CC1CN(C)C(=O)C(C(O)c2cc(F)ccc2F)C1C. The Kier molecular flexibility index (Phi) is 4.09. The smallest absolute Gasteiger partial charge is 0.228 e. The summed E-state index contributed by atoms with van der Waals surface area (Å²) >= 11 is 0. The van der Waals surface area contributed by atoms with E-state index in [1.165, 1.54) is 4.90 Å². The van der Waals surface area contributed by atoms with Crippen LogP contribution in [0.1, 0.15) is 25.5 Å². The molecule has 1 aromatic rings. The van der Waals surface area contributed by atoms with Crippen molar-refractivity contribution >= 4 is 5.91 Å². The van der Waals surface area contributed by atoms with E-state index in [0.717, 1.165) is 18.2 Å². The summed E-state index contributed by atoms with van der Waals surface area (Å²) in [6.07, 6.45) is -1.33. The number of hydrogen-bond acceptors (Lipinski definition) is 2. The lowest BCUT2D eigenvalue weighted by atomic mass is 9.75. The molecule has 0 aromatic heterocycles. The molecule has 4 unspecified atom stereocenters. The van der Waals surface area contributed by atoms with Gasteiger partial charge in [0.2, 0.25) is 5.91 Å². The number of halogens is 2. The van der Waals surface area contributed by atoms with Crippen molar-refractivity contribution in [2.45, 2.75) is 20.0 Å². The molecule has 1 N–H and O–H groups in total. The normalized spacial score (nSPS) is 28.6. The van der Waals surface area contributed by atoms with Crippen molar-refractivity contribution in [2.24, 2.45) is 17.8 Å². The molecular weight excluding hydrogens is 264 g/mol. The summed E-state index contributed by atoms with van der Waals surface area (Å²) in [5.74, 6) is -2.21. The molecular formula is C15H19F2NO2. The second-order valence-electron chi connectivity index (χ2n) is 5.69. The topological polar surface area (TPSA) is 40.5 Å². The Labute approximate surface area is 117 Å². The Balaban J connectivity index is 2.37. The van der Waals surface area contributed by atoms with Crippen LogP contribution < -0.4 is 0 Å². The van der Waals surface area contributed by atoms with E-state index in [0.29, 0.717) is 6.54 Å². The minimum Gasteiger partial charge on any atom is -0.387 e. The van der Waals surface area contributed by atoms with Gasteiger partial charge in [-0.05, 0) is 30.0 Å². The fourth-order valence-corrected chi connectivity index (χ4v) is 2.88. The van der Waals surface area contributed by atoms with E-state index >= 15 is 0 Å². The third-order valence-electron chi connectivity index (χ3n) is 4.30. The predicted octanol–water partition coefficient (Wildman–Crippen LogP) is 2.36. The molecule has 0 bridgehead atoms. The number of aliphatic hydroxyl groups excluding tert-OH is 1. The number of piperidine rings is 1. The van der Waals surface area contributed by atoms with E-state index in [1.807, 2.05) is 13.8 Å². The van der Waals surface area contributed by atoms with Crippen LogP contribution >= 0.6 is 0 Å². The Morgan fingerprint density at radius 3 is 2.65 bits per heavy atom. The number of nitrogens with zero attached hydrogens (tertiary/aromatic N) is 1. The maximum atomic E-state index is 13.8. The highest BCUT2D eigenvalue weighted by Gasteiger charge is 2.42. The minimum atomic E-state index is -1.33. The van der Waals surface area contributed by atoms with E-state index in [1.54, 1.807) is 7.05 Å². The van der Waals surface area contributed by atoms with Crippen molar-refractivity contribution in [1.82, 2.24) is 4.90 Å². The molecule has 5 heteroatoms. The van der Waals surface area contributed by atoms with Crippen LogP contribution in [-0.4, -0.2) is 29.5 Å². The molecule has 1 fully saturated rings. The zero-order chi connectivity index (χ0) is 15.0. The number of rotatable bonds is 2. The lowest BCUT2D eigenvalue weighted by Gasteiger charge is -2.40. The Hall–Kier alpha value is -1.49. The summed E-state index contributed by atoms with van der Waals surface area (Å²) in [5.41, 5.74) is -0.155. The first-order chi connectivity index (χ1) is 9.32. The van der Waals surface area contributed by atoms with Crippen LogP contribution in [-0.2, 0) is 4.79 Å². The second-order valence-corrected chi connectivity index (χ2v) is 5.69. The van der Waals surface area contributed by atoms with Crippen LogP contribution in [0.4, 0.5) is 8.78 Å². The summed E-state index contributed by atoms with van der Waals surface area (Å²) in [7, 11) is 1.66. The van der Waals surface area contributed by atoms with Crippen LogP contribution in [0, 0.1) is 29.4 Å². The number of carbonyl (C=O) groups is 1. The summed E-state index contributed by atoms with van der Waals surface area (Å²) in [6, 6.07) is 2.92. The van der Waals surface area contributed by atoms with Crippen LogP contribution in [0.25, 0.3) is 0 Å². The zero-order valence-electron chi connectivity index (χ0n) is 11.8. The van der Waals surface area contributed by atoms with Gasteiger partial charge in [0.05, 0.1) is 12.0 Å². The molecule has 1 heterocycles. The van der Waals surface area contributed by atoms with Gasteiger partial charge in [0.15, 0.2) is 0 Å². The summed E-state index contributed by atoms with van der Waals surface area (Å²) in [4.78, 5) is 13.8. The van der Waals surface area contributed by atoms with E-state index < -0.39 is 23.7 Å². The highest BCUT2D eigenvalue weighted by molar-refractivity contribution is 5.80. The Morgan fingerprint density at radius 1 is 1.35 bits per heavy atom. The average molecular weight is 283 g/mol. The largest absolute Gasteiger partial charge is 0.387 e. The first kappa shape index (κ1) is 14.9. The average Bonchev–Trinajstić information content (AvgIpc) is 2.39. The van der Waals surface area contributed by atoms with Crippen LogP contribution in [0.5, 0.6) is 0 Å². The zero-order valence-corrected chi connectivity index (χ0v) is 11.8. The van der Waals surface area contributed by atoms with Gasteiger partial charge in [-0.15, -0.1) is 0 Å². The molecule has 20 heavy (non-hydrogen) atoms. The van der Waals surface area contributed by atoms with E-state index in [9.17, 15) is 18.7 Å². The van der Waals surface area contributed by atoms with E-state index in [2.05, 4.69) is 0 Å². The van der Waals surface area contributed by atoms with Gasteiger partial charge in [0.25, 0.3) is 0 Å². The molecule has 0 radical (unpaired) electrons. The van der Waals surface area contributed by atoms with Gasteiger partial charge < -0.3 is 10.0 Å². The molecule has 1 amide bonds. The first-order valence-electron chi connectivity index (χ1n) is 6.71. The second kappa shape index (κ2) is 5.48. The number of amides is 1. The third kappa shape index (κ3) is 2.54.